The van der Waals surface area contributed by atoms with Crippen molar-refractivity contribution in [2.24, 2.45) is 0 Å². The lowest BCUT2D eigenvalue weighted by Gasteiger charge is -2.29. The predicted molar refractivity (Wildman–Crippen MR) is 99.9 cm³/mol. The SMILES string of the molecule is CC(c1ccccc1C(F)F)n1nnc2c1CCN(c1cn[nH]c(=O)c1Cl)C2. The molecule has 0 saturated carbocycles. The summed E-state index contributed by atoms with van der Waals surface area (Å²) in [6.45, 7) is 2.82. The van der Waals surface area contributed by atoms with Crippen molar-refractivity contribution < 1.29 is 8.78 Å². The molecule has 0 radical (unpaired) electrons. The molecule has 0 saturated heterocycles. The summed E-state index contributed by atoms with van der Waals surface area (Å²) in [4.78, 5) is 13.6. The number of hydrogen-bond acceptors (Lipinski definition) is 5. The van der Waals surface area contributed by atoms with E-state index in [1.807, 2.05) is 11.8 Å². The van der Waals surface area contributed by atoms with E-state index in [1.165, 1.54) is 12.3 Å². The van der Waals surface area contributed by atoms with Gasteiger partial charge in [0.2, 0.25) is 0 Å². The Kier molecular flexibility index (Phi) is 4.84. The highest BCUT2D eigenvalue weighted by Crippen LogP contribution is 2.32. The van der Waals surface area contributed by atoms with Crippen LogP contribution in [0.1, 0.15) is 41.9 Å². The number of benzene rings is 1. The Balaban J connectivity index is 1.65. The summed E-state index contributed by atoms with van der Waals surface area (Å²) >= 11 is 6.10. The van der Waals surface area contributed by atoms with E-state index in [0.717, 1.165) is 11.4 Å². The Hall–Kier alpha value is -2.81. The number of aromatic nitrogens is 5. The Morgan fingerprint density at radius 3 is 2.75 bits per heavy atom. The van der Waals surface area contributed by atoms with Crippen LogP contribution in [0.2, 0.25) is 5.02 Å². The third-order valence-electron chi connectivity index (χ3n) is 5.00. The van der Waals surface area contributed by atoms with Crippen LogP contribution in [0.4, 0.5) is 14.5 Å². The fraction of sp³-hybridized carbons (Fsp3) is 0.333. The Bertz CT molecular complexity index is 1070. The summed E-state index contributed by atoms with van der Waals surface area (Å²) < 4.78 is 28.5. The average molecular weight is 407 g/mol. The predicted octanol–water partition coefficient (Wildman–Crippen LogP) is 3.12. The summed E-state index contributed by atoms with van der Waals surface area (Å²) in [5.74, 6) is 0. The Morgan fingerprint density at radius 1 is 1.25 bits per heavy atom. The van der Waals surface area contributed by atoms with Crippen LogP contribution in [0.15, 0.2) is 35.3 Å². The van der Waals surface area contributed by atoms with E-state index in [4.69, 9.17) is 11.6 Å². The van der Waals surface area contributed by atoms with Gasteiger partial charge in [0.15, 0.2) is 0 Å². The van der Waals surface area contributed by atoms with E-state index in [9.17, 15) is 13.6 Å². The van der Waals surface area contributed by atoms with Gasteiger partial charge in [-0.05, 0) is 12.5 Å². The first kappa shape index (κ1) is 18.5. The molecule has 4 rings (SSSR count). The molecule has 146 valence electrons. The third-order valence-corrected chi connectivity index (χ3v) is 5.36. The number of alkyl halides is 2. The van der Waals surface area contributed by atoms with Gasteiger partial charge in [-0.1, -0.05) is 41.1 Å². The zero-order valence-electron chi connectivity index (χ0n) is 14.9. The molecule has 3 heterocycles. The van der Waals surface area contributed by atoms with E-state index in [1.54, 1.807) is 22.9 Å². The highest BCUT2D eigenvalue weighted by Gasteiger charge is 2.27. The molecule has 0 spiro atoms. The minimum absolute atomic E-state index is 0.00180. The van der Waals surface area contributed by atoms with Crippen molar-refractivity contribution in [1.29, 1.82) is 0 Å². The number of aromatic amines is 1. The van der Waals surface area contributed by atoms with Crippen LogP contribution in [-0.2, 0) is 13.0 Å². The summed E-state index contributed by atoms with van der Waals surface area (Å²) in [7, 11) is 0. The Morgan fingerprint density at radius 2 is 2.00 bits per heavy atom. The van der Waals surface area contributed by atoms with E-state index in [-0.39, 0.29) is 16.6 Å². The lowest BCUT2D eigenvalue weighted by atomic mass is 10.0. The highest BCUT2D eigenvalue weighted by atomic mass is 35.5. The molecule has 1 atom stereocenters. The van der Waals surface area contributed by atoms with Crippen LogP contribution < -0.4 is 10.5 Å². The molecule has 0 aliphatic carbocycles. The maximum atomic E-state index is 13.4. The maximum absolute atomic E-state index is 13.4. The molecule has 1 unspecified atom stereocenters. The van der Waals surface area contributed by atoms with Crippen LogP contribution in [0.5, 0.6) is 0 Å². The monoisotopic (exact) mass is 406 g/mol. The molecule has 7 nitrogen and oxygen atoms in total. The van der Waals surface area contributed by atoms with E-state index >= 15 is 0 Å². The van der Waals surface area contributed by atoms with Crippen molar-refractivity contribution >= 4 is 17.3 Å². The van der Waals surface area contributed by atoms with Crippen molar-refractivity contribution in [1.82, 2.24) is 25.2 Å². The molecule has 1 N–H and O–H groups in total. The number of fused-ring (bicyclic) bond motifs is 1. The number of rotatable bonds is 4. The molecule has 1 aliphatic rings. The van der Waals surface area contributed by atoms with Crippen LogP contribution in [0.25, 0.3) is 0 Å². The smallest absolute Gasteiger partial charge is 0.285 e. The molecule has 10 heteroatoms. The number of hydrogen-bond donors (Lipinski definition) is 1. The summed E-state index contributed by atoms with van der Waals surface area (Å²) in [5.41, 5.74) is 2.21. The second-order valence-corrected chi connectivity index (χ2v) is 6.98. The molecule has 1 aromatic carbocycles. The molecular weight excluding hydrogens is 390 g/mol. The van der Waals surface area contributed by atoms with E-state index < -0.39 is 12.0 Å². The van der Waals surface area contributed by atoms with Crippen molar-refractivity contribution in [3.63, 3.8) is 0 Å². The molecular formula is C18H17ClF2N6O. The molecule has 2 aromatic heterocycles. The van der Waals surface area contributed by atoms with Gasteiger partial charge in [-0.3, -0.25) is 4.79 Å². The third kappa shape index (κ3) is 3.15. The minimum atomic E-state index is -2.56. The van der Waals surface area contributed by atoms with Gasteiger partial charge in [-0.15, -0.1) is 5.10 Å². The number of nitrogens with one attached hydrogen (secondary N) is 1. The van der Waals surface area contributed by atoms with Gasteiger partial charge in [0.05, 0.1) is 30.2 Å². The van der Waals surface area contributed by atoms with Crippen LogP contribution in [0, 0.1) is 0 Å². The van der Waals surface area contributed by atoms with Gasteiger partial charge in [0, 0.05) is 18.5 Å². The standard InChI is InChI=1S/C18H17ClF2N6O/c1-10(11-4-2-3-5-12(11)17(20)21)27-14-6-7-26(9-13(14)23-25-27)15-8-22-24-18(28)16(15)19/h2-5,8,10,17H,6-7,9H2,1H3,(H,24,28). The van der Waals surface area contributed by atoms with Crippen LogP contribution >= 0.6 is 11.6 Å². The highest BCUT2D eigenvalue weighted by molar-refractivity contribution is 6.32. The zero-order valence-corrected chi connectivity index (χ0v) is 15.7. The fourth-order valence-corrected chi connectivity index (χ4v) is 3.77. The van der Waals surface area contributed by atoms with Gasteiger partial charge in [-0.25, -0.2) is 18.6 Å². The maximum Gasteiger partial charge on any atom is 0.285 e. The second kappa shape index (κ2) is 7.31. The topological polar surface area (TPSA) is 79.7 Å². The largest absolute Gasteiger partial charge is 0.362 e. The normalized spacial score (nSPS) is 15.0. The van der Waals surface area contributed by atoms with Crippen molar-refractivity contribution in [2.45, 2.75) is 32.4 Å². The molecule has 28 heavy (non-hydrogen) atoms. The van der Waals surface area contributed by atoms with Crippen LogP contribution in [-0.4, -0.2) is 31.7 Å². The van der Waals surface area contributed by atoms with E-state index in [2.05, 4.69) is 20.5 Å². The van der Waals surface area contributed by atoms with Crippen molar-refractivity contribution in [3.05, 3.63) is 68.4 Å². The van der Waals surface area contributed by atoms with Crippen molar-refractivity contribution in [3.8, 4) is 0 Å². The number of halogens is 3. The Labute approximate surface area is 163 Å². The van der Waals surface area contributed by atoms with Gasteiger partial charge in [-0.2, -0.15) is 5.10 Å². The van der Waals surface area contributed by atoms with Gasteiger partial charge in [0.25, 0.3) is 12.0 Å². The molecule has 1 aliphatic heterocycles. The minimum Gasteiger partial charge on any atom is -0.362 e. The lowest BCUT2D eigenvalue weighted by molar-refractivity contribution is 0.149. The first-order valence-electron chi connectivity index (χ1n) is 8.75. The number of anilines is 1. The molecule has 0 amide bonds. The van der Waals surface area contributed by atoms with Gasteiger partial charge >= 0.3 is 0 Å². The lowest BCUT2D eigenvalue weighted by Crippen LogP contribution is -2.33. The van der Waals surface area contributed by atoms with Gasteiger partial charge in [0.1, 0.15) is 10.7 Å². The molecule has 3 aromatic rings. The van der Waals surface area contributed by atoms with Gasteiger partial charge < -0.3 is 4.90 Å². The molecule has 0 fully saturated rings. The number of H-pyrrole nitrogens is 1. The summed E-state index contributed by atoms with van der Waals surface area (Å²) in [6, 6.07) is 6.09. The average Bonchev–Trinajstić information content (AvgIpc) is 3.12. The second-order valence-electron chi connectivity index (χ2n) is 6.60. The summed E-state index contributed by atoms with van der Waals surface area (Å²) in [5, 5.41) is 14.6. The first-order valence-corrected chi connectivity index (χ1v) is 9.13. The zero-order chi connectivity index (χ0) is 19.8. The van der Waals surface area contributed by atoms with Crippen molar-refractivity contribution in [2.75, 3.05) is 11.4 Å². The quantitative estimate of drug-likeness (QED) is 0.720. The fourth-order valence-electron chi connectivity index (χ4n) is 3.56. The van der Waals surface area contributed by atoms with Crippen LogP contribution in [0.3, 0.4) is 0 Å². The number of nitrogens with zero attached hydrogens (tertiary/aromatic N) is 5. The first-order chi connectivity index (χ1) is 13.5. The van der Waals surface area contributed by atoms with E-state index in [0.29, 0.717) is 30.8 Å². The summed E-state index contributed by atoms with van der Waals surface area (Å²) in [6.07, 6.45) is -0.466. The molecule has 0 bridgehead atoms.